The lowest BCUT2D eigenvalue weighted by atomic mass is 10.2. The fourth-order valence-electron chi connectivity index (χ4n) is 2.08. The standard InChI is InChI=1S/C17H13ClN2O2/c1-11-10-12(8-9-19-11)20-17(21)16-7-6-15(22-16)13-4-2-3-5-14(13)18/h2-10H,1H3,(H,19,20,21). The van der Waals surface area contributed by atoms with Crippen LogP contribution in [-0.2, 0) is 0 Å². The Morgan fingerprint density at radius 3 is 2.77 bits per heavy atom. The maximum atomic E-state index is 12.2. The van der Waals surface area contributed by atoms with Crippen LogP contribution < -0.4 is 5.32 Å². The van der Waals surface area contributed by atoms with E-state index in [1.165, 1.54) is 0 Å². The molecule has 2 aromatic heterocycles. The second kappa shape index (κ2) is 6.03. The minimum absolute atomic E-state index is 0.226. The third kappa shape index (κ3) is 3.02. The smallest absolute Gasteiger partial charge is 0.291 e. The first-order valence-corrected chi connectivity index (χ1v) is 7.10. The summed E-state index contributed by atoms with van der Waals surface area (Å²) in [6.45, 7) is 1.86. The van der Waals surface area contributed by atoms with Crippen molar-refractivity contribution in [2.45, 2.75) is 6.92 Å². The lowest BCUT2D eigenvalue weighted by Crippen LogP contribution is -2.10. The molecule has 3 aromatic rings. The van der Waals surface area contributed by atoms with Gasteiger partial charge in [0.2, 0.25) is 0 Å². The van der Waals surface area contributed by atoms with Gasteiger partial charge in [0.25, 0.3) is 5.91 Å². The molecule has 0 spiro atoms. The number of aromatic nitrogens is 1. The Morgan fingerprint density at radius 1 is 1.18 bits per heavy atom. The maximum absolute atomic E-state index is 12.2. The van der Waals surface area contributed by atoms with Crippen molar-refractivity contribution in [3.63, 3.8) is 0 Å². The van der Waals surface area contributed by atoms with Crippen molar-refractivity contribution in [3.8, 4) is 11.3 Å². The van der Waals surface area contributed by atoms with E-state index in [1.54, 1.807) is 36.5 Å². The van der Waals surface area contributed by atoms with E-state index in [0.29, 0.717) is 16.5 Å². The Morgan fingerprint density at radius 2 is 2.00 bits per heavy atom. The third-order valence-electron chi connectivity index (χ3n) is 3.12. The van der Waals surface area contributed by atoms with Crippen molar-refractivity contribution in [3.05, 3.63) is 71.2 Å². The number of hydrogen-bond acceptors (Lipinski definition) is 3. The van der Waals surface area contributed by atoms with Crippen LogP contribution in [-0.4, -0.2) is 10.9 Å². The van der Waals surface area contributed by atoms with E-state index in [1.807, 2.05) is 25.1 Å². The molecule has 0 atom stereocenters. The van der Waals surface area contributed by atoms with Crippen LogP contribution in [0.1, 0.15) is 16.2 Å². The van der Waals surface area contributed by atoms with E-state index in [0.717, 1.165) is 11.3 Å². The molecular weight excluding hydrogens is 300 g/mol. The third-order valence-corrected chi connectivity index (χ3v) is 3.45. The number of anilines is 1. The number of halogens is 1. The van der Waals surface area contributed by atoms with Gasteiger partial charge in [-0.25, -0.2) is 0 Å². The second-order valence-corrected chi connectivity index (χ2v) is 5.19. The van der Waals surface area contributed by atoms with E-state index in [9.17, 15) is 4.79 Å². The molecule has 3 rings (SSSR count). The number of benzene rings is 1. The summed E-state index contributed by atoms with van der Waals surface area (Å²) < 4.78 is 5.60. The van der Waals surface area contributed by atoms with Crippen molar-refractivity contribution in [2.24, 2.45) is 0 Å². The Balaban J connectivity index is 1.82. The summed E-state index contributed by atoms with van der Waals surface area (Å²) in [5, 5.41) is 3.35. The molecule has 0 fully saturated rings. The van der Waals surface area contributed by atoms with Gasteiger partial charge in [-0.15, -0.1) is 0 Å². The zero-order valence-corrected chi connectivity index (χ0v) is 12.6. The summed E-state index contributed by atoms with van der Waals surface area (Å²) in [5.74, 6) is 0.468. The van der Waals surface area contributed by atoms with Gasteiger partial charge in [0, 0.05) is 23.1 Å². The number of pyridine rings is 1. The van der Waals surface area contributed by atoms with Crippen LogP contribution in [0.15, 0.2) is 59.1 Å². The number of aryl methyl sites for hydroxylation is 1. The Bertz CT molecular complexity index is 827. The van der Waals surface area contributed by atoms with Crippen molar-refractivity contribution < 1.29 is 9.21 Å². The predicted octanol–water partition coefficient (Wildman–Crippen LogP) is 4.56. The van der Waals surface area contributed by atoms with E-state index in [-0.39, 0.29) is 11.7 Å². The van der Waals surface area contributed by atoms with Crippen molar-refractivity contribution in [2.75, 3.05) is 5.32 Å². The second-order valence-electron chi connectivity index (χ2n) is 4.78. The zero-order chi connectivity index (χ0) is 15.5. The summed E-state index contributed by atoms with van der Waals surface area (Å²) in [6, 6.07) is 14.2. The van der Waals surface area contributed by atoms with Crippen LogP contribution in [0.4, 0.5) is 5.69 Å². The SMILES string of the molecule is Cc1cc(NC(=O)c2ccc(-c3ccccc3Cl)o2)ccn1. The number of nitrogens with zero attached hydrogens (tertiary/aromatic N) is 1. The fourth-order valence-corrected chi connectivity index (χ4v) is 2.31. The van der Waals surface area contributed by atoms with Gasteiger partial charge in [0.05, 0.1) is 5.02 Å². The van der Waals surface area contributed by atoms with Gasteiger partial charge < -0.3 is 9.73 Å². The molecule has 110 valence electrons. The Kier molecular flexibility index (Phi) is 3.94. The number of carbonyl (C=O) groups is 1. The highest BCUT2D eigenvalue weighted by Crippen LogP contribution is 2.29. The molecule has 0 aliphatic rings. The van der Waals surface area contributed by atoms with Gasteiger partial charge in [-0.2, -0.15) is 0 Å². The van der Waals surface area contributed by atoms with Crippen molar-refractivity contribution >= 4 is 23.2 Å². The number of carbonyl (C=O) groups excluding carboxylic acids is 1. The average Bonchev–Trinajstić information content (AvgIpc) is 2.97. The van der Waals surface area contributed by atoms with Gasteiger partial charge in [0.1, 0.15) is 5.76 Å². The Labute approximate surface area is 132 Å². The van der Waals surface area contributed by atoms with E-state index in [2.05, 4.69) is 10.3 Å². The van der Waals surface area contributed by atoms with Crippen molar-refractivity contribution in [1.82, 2.24) is 4.98 Å². The number of amides is 1. The molecule has 0 saturated heterocycles. The van der Waals surface area contributed by atoms with Crippen LogP contribution in [0.2, 0.25) is 5.02 Å². The molecule has 2 heterocycles. The molecule has 0 radical (unpaired) electrons. The number of hydrogen-bond donors (Lipinski definition) is 1. The summed E-state index contributed by atoms with van der Waals surface area (Å²) in [5.41, 5.74) is 2.25. The van der Waals surface area contributed by atoms with Crippen LogP contribution in [0.5, 0.6) is 0 Å². The summed E-state index contributed by atoms with van der Waals surface area (Å²) in [4.78, 5) is 16.3. The number of nitrogens with one attached hydrogen (secondary N) is 1. The highest BCUT2D eigenvalue weighted by Gasteiger charge is 2.14. The van der Waals surface area contributed by atoms with E-state index < -0.39 is 0 Å². The first-order chi connectivity index (χ1) is 10.6. The molecule has 0 unspecified atom stereocenters. The lowest BCUT2D eigenvalue weighted by Gasteiger charge is -2.03. The molecule has 1 amide bonds. The van der Waals surface area contributed by atoms with Crippen molar-refractivity contribution in [1.29, 1.82) is 0 Å². The van der Waals surface area contributed by atoms with Gasteiger partial charge in [-0.05, 0) is 43.3 Å². The molecule has 1 N–H and O–H groups in total. The zero-order valence-electron chi connectivity index (χ0n) is 11.8. The molecular formula is C17H13ClN2O2. The monoisotopic (exact) mass is 312 g/mol. The normalized spacial score (nSPS) is 10.5. The molecule has 22 heavy (non-hydrogen) atoms. The summed E-state index contributed by atoms with van der Waals surface area (Å²) in [7, 11) is 0. The molecule has 0 aliphatic carbocycles. The quantitative estimate of drug-likeness (QED) is 0.771. The van der Waals surface area contributed by atoms with Gasteiger partial charge in [-0.3, -0.25) is 9.78 Å². The molecule has 0 bridgehead atoms. The van der Waals surface area contributed by atoms with E-state index in [4.69, 9.17) is 16.0 Å². The topological polar surface area (TPSA) is 55.1 Å². The molecule has 0 saturated carbocycles. The fraction of sp³-hybridized carbons (Fsp3) is 0.0588. The van der Waals surface area contributed by atoms with Gasteiger partial charge in [0.15, 0.2) is 5.76 Å². The molecule has 0 aliphatic heterocycles. The number of furan rings is 1. The van der Waals surface area contributed by atoms with Crippen LogP contribution in [0, 0.1) is 6.92 Å². The lowest BCUT2D eigenvalue weighted by molar-refractivity contribution is 0.0997. The largest absolute Gasteiger partial charge is 0.451 e. The first-order valence-electron chi connectivity index (χ1n) is 6.72. The predicted molar refractivity (Wildman–Crippen MR) is 86.1 cm³/mol. The minimum Gasteiger partial charge on any atom is -0.451 e. The van der Waals surface area contributed by atoms with Crippen LogP contribution >= 0.6 is 11.6 Å². The van der Waals surface area contributed by atoms with Gasteiger partial charge >= 0.3 is 0 Å². The summed E-state index contributed by atoms with van der Waals surface area (Å²) in [6.07, 6.45) is 1.64. The van der Waals surface area contributed by atoms with E-state index >= 15 is 0 Å². The molecule has 4 nitrogen and oxygen atoms in total. The maximum Gasteiger partial charge on any atom is 0.291 e. The molecule has 1 aromatic carbocycles. The van der Waals surface area contributed by atoms with Crippen LogP contribution in [0.3, 0.4) is 0 Å². The Hall–Kier alpha value is -2.59. The molecule has 5 heteroatoms. The highest BCUT2D eigenvalue weighted by atomic mass is 35.5. The van der Waals surface area contributed by atoms with Crippen LogP contribution in [0.25, 0.3) is 11.3 Å². The summed E-state index contributed by atoms with van der Waals surface area (Å²) >= 11 is 6.13. The minimum atomic E-state index is -0.316. The number of rotatable bonds is 3. The average molecular weight is 313 g/mol. The highest BCUT2D eigenvalue weighted by molar-refractivity contribution is 6.33. The van der Waals surface area contributed by atoms with Gasteiger partial charge in [-0.1, -0.05) is 23.7 Å². The first kappa shape index (κ1) is 14.4.